The molecule has 1 aliphatic rings. The molecule has 1 aromatic rings. The lowest BCUT2D eigenvalue weighted by atomic mass is 9.99. The topological polar surface area (TPSA) is 32.7 Å². The normalized spacial score (nSPS) is 24.9. The molecule has 1 unspecified atom stereocenters. The van der Waals surface area contributed by atoms with Gasteiger partial charge in [-0.2, -0.15) is 5.10 Å². The molecular formula is C11H10BrClN2O. The lowest BCUT2D eigenvalue weighted by molar-refractivity contribution is -0.128. The second kappa shape index (κ2) is 3.86. The van der Waals surface area contributed by atoms with Crippen LogP contribution < -0.4 is 0 Å². The lowest BCUT2D eigenvalue weighted by Gasteiger charge is -2.15. The minimum atomic E-state index is -0.754. The molecule has 5 heteroatoms. The number of carbonyl (C=O) groups excluding carboxylic acids is 1. The van der Waals surface area contributed by atoms with Gasteiger partial charge in [0.2, 0.25) is 0 Å². The zero-order valence-electron chi connectivity index (χ0n) is 8.87. The summed E-state index contributed by atoms with van der Waals surface area (Å²) in [4.78, 5) is 11.8. The highest BCUT2D eigenvalue weighted by Crippen LogP contribution is 2.31. The zero-order chi connectivity index (χ0) is 11.9. The van der Waals surface area contributed by atoms with Crippen LogP contribution in [0.15, 0.2) is 29.4 Å². The van der Waals surface area contributed by atoms with Crippen LogP contribution >= 0.6 is 27.5 Å². The number of rotatable bonds is 1. The Hall–Kier alpha value is -0.870. The summed E-state index contributed by atoms with van der Waals surface area (Å²) in [6, 6.07) is 7.27. The monoisotopic (exact) mass is 300 g/mol. The number of nitrogens with zero attached hydrogens (tertiary/aromatic N) is 2. The Morgan fingerprint density at radius 2 is 1.94 bits per heavy atom. The summed E-state index contributed by atoms with van der Waals surface area (Å²) in [5, 5.41) is 6.24. The van der Waals surface area contributed by atoms with Crippen LogP contribution in [0.5, 0.6) is 0 Å². The van der Waals surface area contributed by atoms with Crippen molar-refractivity contribution >= 4 is 39.1 Å². The number of carbonyl (C=O) groups is 1. The maximum atomic E-state index is 11.8. The van der Waals surface area contributed by atoms with E-state index in [0.29, 0.717) is 10.7 Å². The van der Waals surface area contributed by atoms with Crippen LogP contribution in [0, 0.1) is 0 Å². The second-order valence-corrected chi connectivity index (χ2v) is 5.81. The number of hydrogen-bond donors (Lipinski definition) is 0. The van der Waals surface area contributed by atoms with E-state index in [0.717, 1.165) is 5.56 Å². The average Bonchev–Trinajstić information content (AvgIpc) is 2.44. The van der Waals surface area contributed by atoms with Crippen LogP contribution in [0.1, 0.15) is 12.5 Å². The Kier molecular flexibility index (Phi) is 2.80. The van der Waals surface area contributed by atoms with Crippen molar-refractivity contribution in [1.82, 2.24) is 5.01 Å². The molecule has 0 aromatic heterocycles. The molecule has 1 atom stereocenters. The average molecular weight is 302 g/mol. The molecule has 16 heavy (non-hydrogen) atoms. The molecule has 1 aromatic carbocycles. The smallest absolute Gasteiger partial charge is 0.265 e. The highest BCUT2D eigenvalue weighted by Gasteiger charge is 2.44. The van der Waals surface area contributed by atoms with Crippen molar-refractivity contribution in [2.24, 2.45) is 5.10 Å². The molecule has 3 nitrogen and oxygen atoms in total. The third-order valence-corrected chi connectivity index (χ3v) is 3.47. The first-order valence-electron chi connectivity index (χ1n) is 4.75. The third kappa shape index (κ3) is 1.76. The quantitative estimate of drug-likeness (QED) is 0.734. The van der Waals surface area contributed by atoms with Gasteiger partial charge in [-0.25, -0.2) is 5.01 Å². The van der Waals surface area contributed by atoms with Crippen molar-refractivity contribution in [2.75, 3.05) is 7.05 Å². The molecule has 1 aliphatic heterocycles. The molecule has 0 N–H and O–H groups in total. The minimum Gasteiger partial charge on any atom is -0.271 e. The number of benzene rings is 1. The first-order chi connectivity index (χ1) is 7.43. The molecule has 0 fully saturated rings. The maximum absolute atomic E-state index is 11.8. The number of amides is 1. The van der Waals surface area contributed by atoms with Crippen molar-refractivity contribution < 1.29 is 4.79 Å². The Morgan fingerprint density at radius 1 is 1.38 bits per heavy atom. The maximum Gasteiger partial charge on any atom is 0.265 e. The minimum absolute atomic E-state index is 0.0718. The lowest BCUT2D eigenvalue weighted by Crippen LogP contribution is -2.37. The van der Waals surface area contributed by atoms with E-state index < -0.39 is 4.32 Å². The molecule has 0 saturated heterocycles. The fourth-order valence-electron chi connectivity index (χ4n) is 1.63. The first-order valence-corrected chi connectivity index (χ1v) is 5.92. The van der Waals surface area contributed by atoms with Crippen molar-refractivity contribution in [3.8, 4) is 0 Å². The van der Waals surface area contributed by atoms with Gasteiger partial charge in [-0.15, -0.1) is 0 Å². The number of hydrogen-bond acceptors (Lipinski definition) is 2. The summed E-state index contributed by atoms with van der Waals surface area (Å²) < 4.78 is -0.754. The van der Waals surface area contributed by atoms with Gasteiger partial charge in [0.25, 0.3) is 5.91 Å². The van der Waals surface area contributed by atoms with Crippen molar-refractivity contribution in [1.29, 1.82) is 0 Å². The van der Waals surface area contributed by atoms with Crippen LogP contribution in [0.25, 0.3) is 0 Å². The van der Waals surface area contributed by atoms with E-state index >= 15 is 0 Å². The van der Waals surface area contributed by atoms with E-state index in [1.54, 1.807) is 26.1 Å². The predicted octanol–water partition coefficient (Wildman–Crippen LogP) is 2.67. The van der Waals surface area contributed by atoms with E-state index in [4.69, 9.17) is 11.6 Å². The zero-order valence-corrected chi connectivity index (χ0v) is 11.2. The van der Waals surface area contributed by atoms with Gasteiger partial charge in [-0.3, -0.25) is 4.79 Å². The Balaban J connectivity index is 2.46. The van der Waals surface area contributed by atoms with Crippen LogP contribution in [0.4, 0.5) is 0 Å². The van der Waals surface area contributed by atoms with Gasteiger partial charge in [0.05, 0.1) is 5.71 Å². The predicted molar refractivity (Wildman–Crippen MR) is 68.1 cm³/mol. The molecule has 0 bridgehead atoms. The van der Waals surface area contributed by atoms with Crippen LogP contribution in [0.2, 0.25) is 5.02 Å². The Morgan fingerprint density at radius 3 is 2.38 bits per heavy atom. The second-order valence-electron chi connectivity index (χ2n) is 3.79. The molecule has 2 rings (SSSR count). The SMILES string of the molecule is CN1N=C(c2ccc(Cl)cc2)C(C)(Br)C1=O. The van der Waals surface area contributed by atoms with Gasteiger partial charge in [0, 0.05) is 12.1 Å². The summed E-state index contributed by atoms with van der Waals surface area (Å²) in [5.74, 6) is -0.0718. The van der Waals surface area contributed by atoms with Gasteiger partial charge in [-0.1, -0.05) is 39.7 Å². The number of hydrazone groups is 1. The molecule has 0 radical (unpaired) electrons. The van der Waals surface area contributed by atoms with E-state index in [-0.39, 0.29) is 5.91 Å². The highest BCUT2D eigenvalue weighted by atomic mass is 79.9. The van der Waals surface area contributed by atoms with Gasteiger partial charge in [0.15, 0.2) is 0 Å². The fraction of sp³-hybridized carbons (Fsp3) is 0.273. The molecule has 0 spiro atoms. The van der Waals surface area contributed by atoms with E-state index in [2.05, 4.69) is 21.0 Å². The molecule has 0 aliphatic carbocycles. The standard InChI is InChI=1S/C11H10BrClN2O/c1-11(12)9(14-15(2)10(11)16)7-3-5-8(13)6-4-7/h3-6H,1-2H3. The Bertz CT molecular complexity index is 467. The largest absolute Gasteiger partial charge is 0.271 e. The van der Waals surface area contributed by atoms with Crippen molar-refractivity contribution in [3.63, 3.8) is 0 Å². The first kappa shape index (κ1) is 11.6. The van der Waals surface area contributed by atoms with E-state index in [1.807, 2.05) is 12.1 Å². The fourth-order valence-corrected chi connectivity index (χ4v) is 2.32. The summed E-state index contributed by atoms with van der Waals surface area (Å²) >= 11 is 9.23. The van der Waals surface area contributed by atoms with Gasteiger partial charge >= 0.3 is 0 Å². The molecule has 1 amide bonds. The van der Waals surface area contributed by atoms with Crippen LogP contribution in [-0.4, -0.2) is 28.0 Å². The van der Waals surface area contributed by atoms with Crippen molar-refractivity contribution in [3.05, 3.63) is 34.9 Å². The Labute approximate surface area is 107 Å². The van der Waals surface area contributed by atoms with E-state index in [1.165, 1.54) is 5.01 Å². The summed E-state index contributed by atoms with van der Waals surface area (Å²) in [7, 11) is 1.64. The van der Waals surface area contributed by atoms with Gasteiger partial charge in [-0.05, 0) is 24.6 Å². The van der Waals surface area contributed by atoms with Gasteiger partial charge in [0.1, 0.15) is 4.32 Å². The molecular weight excluding hydrogens is 291 g/mol. The molecule has 1 heterocycles. The summed E-state index contributed by atoms with van der Waals surface area (Å²) in [5.41, 5.74) is 1.60. The van der Waals surface area contributed by atoms with E-state index in [9.17, 15) is 4.79 Å². The molecule has 84 valence electrons. The number of halogens is 2. The van der Waals surface area contributed by atoms with Gasteiger partial charge < -0.3 is 0 Å². The summed E-state index contributed by atoms with van der Waals surface area (Å²) in [6.45, 7) is 1.80. The third-order valence-electron chi connectivity index (χ3n) is 2.51. The van der Waals surface area contributed by atoms with Crippen LogP contribution in [-0.2, 0) is 4.79 Å². The number of alkyl halides is 1. The van der Waals surface area contributed by atoms with Crippen LogP contribution in [0.3, 0.4) is 0 Å². The molecule has 0 saturated carbocycles. The van der Waals surface area contributed by atoms with Crippen molar-refractivity contribution in [2.45, 2.75) is 11.2 Å². The summed E-state index contributed by atoms with van der Waals surface area (Å²) in [6.07, 6.45) is 0. The highest BCUT2D eigenvalue weighted by molar-refractivity contribution is 9.10.